The predicted octanol–water partition coefficient (Wildman–Crippen LogP) is 4.86. The lowest BCUT2D eigenvalue weighted by Crippen LogP contribution is -2.49. The maximum Gasteiger partial charge on any atom is 0.407 e. The summed E-state index contributed by atoms with van der Waals surface area (Å²) in [6.07, 6.45) is -0.130. The summed E-state index contributed by atoms with van der Waals surface area (Å²) in [7, 11) is 1.67. The normalized spacial score (nSPS) is 17.9. The molecule has 1 heterocycles. The zero-order chi connectivity index (χ0) is 23.2. The molecule has 0 aliphatic carbocycles. The van der Waals surface area contributed by atoms with Crippen LogP contribution in [0.2, 0.25) is 0 Å². The molecule has 0 saturated carbocycles. The van der Waals surface area contributed by atoms with Crippen LogP contribution in [0.3, 0.4) is 0 Å². The smallest absolute Gasteiger partial charge is 0.407 e. The summed E-state index contributed by atoms with van der Waals surface area (Å²) in [4.78, 5) is 13.1. The Hall–Kier alpha value is -3.82. The topological polar surface area (TPSA) is 85.6 Å². The maximum atomic E-state index is 11.6. The third-order valence-corrected chi connectivity index (χ3v) is 6.29. The molecule has 2 N–H and O–H groups in total. The van der Waals surface area contributed by atoms with E-state index < -0.39 is 6.09 Å². The molecule has 1 saturated heterocycles. The first-order chi connectivity index (χ1) is 16.1. The average Bonchev–Trinajstić information content (AvgIpc) is 2.87. The first-order valence-electron chi connectivity index (χ1n) is 11.0. The van der Waals surface area contributed by atoms with Crippen molar-refractivity contribution in [3.8, 4) is 22.9 Å². The van der Waals surface area contributed by atoms with Gasteiger partial charge in [-0.25, -0.2) is 4.79 Å². The third-order valence-electron chi connectivity index (χ3n) is 6.29. The lowest BCUT2D eigenvalue weighted by molar-refractivity contribution is 0.121. The Morgan fingerprint density at radius 3 is 2.52 bits per heavy atom. The molecule has 4 rings (SSSR count). The monoisotopic (exact) mass is 441 g/mol. The highest BCUT2D eigenvalue weighted by Gasteiger charge is 2.32. The molecule has 33 heavy (non-hydrogen) atoms. The maximum absolute atomic E-state index is 11.6. The van der Waals surface area contributed by atoms with Crippen molar-refractivity contribution in [2.45, 2.75) is 24.9 Å². The molecular formula is C27H27N3O3. The Bertz CT molecular complexity index is 1140. The minimum Gasteiger partial charge on any atom is -0.496 e. The van der Waals surface area contributed by atoms with Crippen LogP contribution in [0, 0.1) is 11.3 Å². The fourth-order valence-electron chi connectivity index (χ4n) is 4.48. The van der Waals surface area contributed by atoms with E-state index in [-0.39, 0.29) is 12.0 Å². The van der Waals surface area contributed by atoms with Gasteiger partial charge in [-0.05, 0) is 47.4 Å². The number of methoxy groups -OCH3 is 1. The number of hydrogen-bond acceptors (Lipinski definition) is 4. The highest BCUT2D eigenvalue weighted by Crippen LogP contribution is 2.30. The molecule has 0 radical (unpaired) electrons. The molecule has 2 atom stereocenters. The van der Waals surface area contributed by atoms with Gasteiger partial charge in [0, 0.05) is 37.2 Å². The van der Waals surface area contributed by atoms with E-state index in [0.29, 0.717) is 25.2 Å². The largest absolute Gasteiger partial charge is 0.496 e. The Kier molecular flexibility index (Phi) is 6.92. The van der Waals surface area contributed by atoms with Crippen LogP contribution in [-0.2, 0) is 6.54 Å². The average molecular weight is 442 g/mol. The number of hydrogen-bond donors (Lipinski definition) is 2. The van der Waals surface area contributed by atoms with Crippen LogP contribution in [0.1, 0.15) is 29.0 Å². The predicted molar refractivity (Wildman–Crippen MR) is 127 cm³/mol. The Morgan fingerprint density at radius 2 is 1.85 bits per heavy atom. The molecular weight excluding hydrogens is 414 g/mol. The molecule has 168 valence electrons. The number of amides is 1. The standard InChI is InChI=1S/C27H27N3O3/c1-33-26-12-11-22(20-9-7-19(16-28)8-10-20)15-23(26)17-29-25-13-14-30(27(31)32)18-24(25)21-5-3-2-4-6-21/h2-12,15,24-25,29H,13-14,17-18H2,1H3,(H,31,32)/t24-,25-/m0/s1. The molecule has 0 unspecified atom stereocenters. The van der Waals surface area contributed by atoms with E-state index in [1.807, 2.05) is 54.6 Å². The molecule has 3 aromatic rings. The zero-order valence-corrected chi connectivity index (χ0v) is 18.6. The summed E-state index contributed by atoms with van der Waals surface area (Å²) in [5.74, 6) is 0.878. The fourth-order valence-corrected chi connectivity index (χ4v) is 4.48. The summed E-state index contributed by atoms with van der Waals surface area (Å²) in [6, 6.07) is 26.0. The van der Waals surface area contributed by atoms with Gasteiger partial charge in [-0.2, -0.15) is 5.26 Å². The van der Waals surface area contributed by atoms with Gasteiger partial charge in [0.05, 0.1) is 18.7 Å². The number of nitrogens with one attached hydrogen (secondary N) is 1. The Balaban J connectivity index is 1.55. The second-order valence-corrected chi connectivity index (χ2v) is 8.24. The van der Waals surface area contributed by atoms with Crippen molar-refractivity contribution in [2.24, 2.45) is 0 Å². The highest BCUT2D eigenvalue weighted by atomic mass is 16.5. The summed E-state index contributed by atoms with van der Waals surface area (Å²) < 4.78 is 5.60. The molecule has 1 aliphatic heterocycles. The van der Waals surface area contributed by atoms with Gasteiger partial charge >= 0.3 is 6.09 Å². The minimum atomic E-state index is -0.869. The van der Waals surface area contributed by atoms with Crippen LogP contribution < -0.4 is 10.1 Å². The van der Waals surface area contributed by atoms with E-state index in [1.165, 1.54) is 4.90 Å². The van der Waals surface area contributed by atoms with Gasteiger partial charge in [0.1, 0.15) is 5.75 Å². The number of carboxylic acid groups (broad SMARTS) is 1. The van der Waals surface area contributed by atoms with Crippen LogP contribution in [0.25, 0.3) is 11.1 Å². The van der Waals surface area contributed by atoms with E-state index in [4.69, 9.17) is 10.00 Å². The SMILES string of the molecule is COc1ccc(-c2ccc(C#N)cc2)cc1CN[C@H]1CCN(C(=O)O)C[C@H]1c1ccccc1. The second kappa shape index (κ2) is 10.2. The summed E-state index contributed by atoms with van der Waals surface area (Å²) in [6.45, 7) is 1.59. The first kappa shape index (κ1) is 22.4. The molecule has 6 nitrogen and oxygen atoms in total. The van der Waals surface area contributed by atoms with Crippen molar-refractivity contribution >= 4 is 6.09 Å². The molecule has 1 aliphatic rings. The molecule has 0 bridgehead atoms. The molecule has 6 heteroatoms. The third kappa shape index (κ3) is 5.16. The minimum absolute atomic E-state index is 0.0729. The van der Waals surface area contributed by atoms with Crippen LogP contribution >= 0.6 is 0 Å². The lowest BCUT2D eigenvalue weighted by atomic mass is 9.86. The van der Waals surface area contributed by atoms with E-state index >= 15 is 0 Å². The fraction of sp³-hybridized carbons (Fsp3) is 0.259. The number of benzene rings is 3. The number of rotatable bonds is 6. The number of piperidine rings is 1. The van der Waals surface area contributed by atoms with Crippen LogP contribution in [0.15, 0.2) is 72.8 Å². The van der Waals surface area contributed by atoms with Gasteiger partial charge in [-0.3, -0.25) is 0 Å². The van der Waals surface area contributed by atoms with Gasteiger partial charge in [0.2, 0.25) is 0 Å². The van der Waals surface area contributed by atoms with Crippen molar-refractivity contribution in [2.75, 3.05) is 20.2 Å². The van der Waals surface area contributed by atoms with E-state index in [2.05, 4.69) is 29.6 Å². The number of nitrogens with zero attached hydrogens (tertiary/aromatic N) is 2. The molecule has 1 fully saturated rings. The van der Waals surface area contributed by atoms with Crippen molar-refractivity contribution in [1.82, 2.24) is 10.2 Å². The van der Waals surface area contributed by atoms with Crippen LogP contribution in [0.5, 0.6) is 5.75 Å². The highest BCUT2D eigenvalue weighted by molar-refractivity contribution is 5.67. The first-order valence-corrected chi connectivity index (χ1v) is 11.0. The summed E-state index contributed by atoms with van der Waals surface area (Å²) >= 11 is 0. The number of carbonyl (C=O) groups is 1. The van der Waals surface area contributed by atoms with Crippen molar-refractivity contribution < 1.29 is 14.6 Å². The number of ether oxygens (including phenoxy) is 1. The number of likely N-dealkylation sites (tertiary alicyclic amines) is 1. The second-order valence-electron chi connectivity index (χ2n) is 8.24. The Labute approximate surface area is 194 Å². The van der Waals surface area contributed by atoms with Crippen molar-refractivity contribution in [3.63, 3.8) is 0 Å². The van der Waals surface area contributed by atoms with Gasteiger partial charge in [-0.15, -0.1) is 0 Å². The van der Waals surface area contributed by atoms with Crippen LogP contribution in [-0.4, -0.2) is 42.3 Å². The van der Waals surface area contributed by atoms with Crippen molar-refractivity contribution in [1.29, 1.82) is 5.26 Å². The van der Waals surface area contributed by atoms with Crippen molar-refractivity contribution in [3.05, 3.63) is 89.5 Å². The van der Waals surface area contributed by atoms with Crippen LogP contribution in [0.4, 0.5) is 4.79 Å². The van der Waals surface area contributed by atoms with Gasteiger partial charge in [0.15, 0.2) is 0 Å². The van der Waals surface area contributed by atoms with Gasteiger partial charge in [0.25, 0.3) is 0 Å². The quantitative estimate of drug-likeness (QED) is 0.571. The number of nitriles is 1. The molecule has 3 aromatic carbocycles. The zero-order valence-electron chi connectivity index (χ0n) is 18.6. The van der Waals surface area contributed by atoms with E-state index in [9.17, 15) is 9.90 Å². The molecule has 0 spiro atoms. The van der Waals surface area contributed by atoms with E-state index in [0.717, 1.165) is 34.4 Å². The molecule has 1 amide bonds. The summed E-state index contributed by atoms with van der Waals surface area (Å²) in [5.41, 5.74) is 4.90. The van der Waals surface area contributed by atoms with E-state index in [1.54, 1.807) is 7.11 Å². The lowest BCUT2D eigenvalue weighted by Gasteiger charge is -2.38. The summed E-state index contributed by atoms with van der Waals surface area (Å²) in [5, 5.41) is 22.2. The van der Waals surface area contributed by atoms with Gasteiger partial charge in [-0.1, -0.05) is 48.5 Å². The Morgan fingerprint density at radius 1 is 1.12 bits per heavy atom. The molecule has 0 aromatic heterocycles. The van der Waals surface area contributed by atoms with Gasteiger partial charge < -0.3 is 20.1 Å².